The lowest BCUT2D eigenvalue weighted by molar-refractivity contribution is -0.388. The molecule has 0 saturated heterocycles. The van der Waals surface area contributed by atoms with Gasteiger partial charge in [-0.25, -0.2) is 0 Å². The number of nitrogens with zero attached hydrogens (tertiary/aromatic N) is 1. The van der Waals surface area contributed by atoms with Gasteiger partial charge in [-0.1, -0.05) is 0 Å². The maximum atomic E-state index is 13.2. The third kappa shape index (κ3) is 2.59. The van der Waals surface area contributed by atoms with Gasteiger partial charge in [-0.15, -0.1) is 13.2 Å². The van der Waals surface area contributed by atoms with Crippen LogP contribution in [-0.2, 0) is 0 Å². The molecule has 0 saturated carbocycles. The number of alkyl halides is 3. The Morgan fingerprint density at radius 2 is 1.94 bits per heavy atom. The molecule has 4 nitrogen and oxygen atoms in total. The molecule has 16 heavy (non-hydrogen) atoms. The van der Waals surface area contributed by atoms with Crippen LogP contribution in [0.4, 0.5) is 23.2 Å². The van der Waals surface area contributed by atoms with Crippen molar-refractivity contribution in [1.82, 2.24) is 0 Å². The Bertz CT molecular complexity index is 430. The van der Waals surface area contributed by atoms with Gasteiger partial charge in [0, 0.05) is 5.56 Å². The minimum absolute atomic E-state index is 0.0861. The number of ether oxygens (including phenoxy) is 1. The highest BCUT2D eigenvalue weighted by molar-refractivity contribution is 5.47. The Kier molecular flexibility index (Phi) is 3.02. The minimum atomic E-state index is -5.09. The van der Waals surface area contributed by atoms with E-state index in [4.69, 9.17) is 0 Å². The summed E-state index contributed by atoms with van der Waals surface area (Å²) in [5, 5.41) is 10.4. The molecular formula is C8H5F4NO3. The monoisotopic (exact) mass is 239 g/mol. The summed E-state index contributed by atoms with van der Waals surface area (Å²) in [5.41, 5.74) is -1.11. The zero-order valence-corrected chi connectivity index (χ0v) is 7.84. The first-order chi connectivity index (χ1) is 7.22. The summed E-state index contributed by atoms with van der Waals surface area (Å²) in [5.74, 6) is -2.85. The van der Waals surface area contributed by atoms with Crippen LogP contribution in [0.5, 0.6) is 5.75 Å². The van der Waals surface area contributed by atoms with Gasteiger partial charge in [-0.3, -0.25) is 10.1 Å². The topological polar surface area (TPSA) is 52.4 Å². The smallest absolute Gasteiger partial charge is 0.402 e. The predicted molar refractivity (Wildman–Crippen MR) is 44.5 cm³/mol. The quantitative estimate of drug-likeness (QED) is 0.453. The maximum absolute atomic E-state index is 13.2. The van der Waals surface area contributed by atoms with Gasteiger partial charge in [0.05, 0.1) is 4.92 Å². The van der Waals surface area contributed by atoms with Crippen LogP contribution in [0.3, 0.4) is 0 Å². The van der Waals surface area contributed by atoms with Gasteiger partial charge in [0.25, 0.3) is 0 Å². The van der Waals surface area contributed by atoms with E-state index in [2.05, 4.69) is 4.74 Å². The van der Waals surface area contributed by atoms with E-state index in [1.807, 2.05) is 0 Å². The minimum Gasteiger partial charge on any atom is -0.402 e. The lowest BCUT2D eigenvalue weighted by atomic mass is 10.2. The summed E-state index contributed by atoms with van der Waals surface area (Å²) in [6, 6.07) is 1.66. The molecule has 0 atom stereocenters. The van der Waals surface area contributed by atoms with Crippen LogP contribution in [0, 0.1) is 22.9 Å². The predicted octanol–water partition coefficient (Wildman–Crippen LogP) is 2.94. The number of aryl methyl sites for hydroxylation is 1. The molecule has 0 spiro atoms. The number of rotatable bonds is 2. The molecule has 0 N–H and O–H groups in total. The van der Waals surface area contributed by atoms with Crippen LogP contribution in [0.15, 0.2) is 12.1 Å². The van der Waals surface area contributed by atoms with Crippen molar-refractivity contribution in [3.8, 4) is 5.75 Å². The Morgan fingerprint density at radius 1 is 1.38 bits per heavy atom. The zero-order chi connectivity index (χ0) is 12.5. The Hall–Kier alpha value is -1.86. The van der Waals surface area contributed by atoms with E-state index >= 15 is 0 Å². The Balaban J connectivity index is 3.24. The Labute approximate surface area is 86.6 Å². The largest absolute Gasteiger partial charge is 0.573 e. The molecule has 1 rings (SSSR count). The molecule has 0 aliphatic rings. The highest BCUT2D eigenvalue weighted by Gasteiger charge is 2.34. The molecular weight excluding hydrogens is 234 g/mol. The molecule has 0 aliphatic heterocycles. The van der Waals surface area contributed by atoms with Crippen LogP contribution in [0.25, 0.3) is 0 Å². The van der Waals surface area contributed by atoms with Crippen molar-refractivity contribution in [2.24, 2.45) is 0 Å². The molecule has 0 radical (unpaired) electrons. The fourth-order valence-electron chi connectivity index (χ4n) is 1.07. The van der Waals surface area contributed by atoms with Crippen LogP contribution in [0.1, 0.15) is 5.56 Å². The van der Waals surface area contributed by atoms with Crippen molar-refractivity contribution in [1.29, 1.82) is 0 Å². The molecule has 0 bridgehead atoms. The molecule has 0 aromatic heterocycles. The summed E-state index contributed by atoms with van der Waals surface area (Å²) in [7, 11) is 0. The molecule has 0 heterocycles. The summed E-state index contributed by atoms with van der Waals surface area (Å²) in [6.07, 6.45) is -5.09. The zero-order valence-electron chi connectivity index (χ0n) is 7.84. The summed E-state index contributed by atoms with van der Waals surface area (Å²) >= 11 is 0. The van der Waals surface area contributed by atoms with Gasteiger partial charge in [-0.05, 0) is 19.1 Å². The van der Waals surface area contributed by atoms with E-state index in [-0.39, 0.29) is 5.56 Å². The molecule has 88 valence electrons. The number of halogens is 4. The summed E-state index contributed by atoms with van der Waals surface area (Å²) < 4.78 is 51.9. The van der Waals surface area contributed by atoms with Crippen molar-refractivity contribution >= 4 is 5.69 Å². The molecule has 0 aliphatic carbocycles. The van der Waals surface area contributed by atoms with E-state index in [1.54, 1.807) is 0 Å². The third-order valence-electron chi connectivity index (χ3n) is 1.69. The van der Waals surface area contributed by atoms with E-state index < -0.39 is 28.5 Å². The third-order valence-corrected chi connectivity index (χ3v) is 1.69. The summed E-state index contributed by atoms with van der Waals surface area (Å²) in [4.78, 5) is 9.29. The van der Waals surface area contributed by atoms with E-state index in [0.717, 1.165) is 6.07 Å². The number of nitro benzene ring substituents is 1. The Morgan fingerprint density at radius 3 is 2.38 bits per heavy atom. The van der Waals surface area contributed by atoms with Gasteiger partial charge in [-0.2, -0.15) is 4.39 Å². The number of benzene rings is 1. The average molecular weight is 239 g/mol. The number of hydrogen-bond donors (Lipinski definition) is 0. The van der Waals surface area contributed by atoms with E-state index in [9.17, 15) is 27.7 Å². The highest BCUT2D eigenvalue weighted by atomic mass is 19.4. The van der Waals surface area contributed by atoms with Gasteiger partial charge >= 0.3 is 12.0 Å². The average Bonchev–Trinajstić information content (AvgIpc) is 2.07. The van der Waals surface area contributed by atoms with Crippen molar-refractivity contribution in [3.05, 3.63) is 33.6 Å². The van der Waals surface area contributed by atoms with Crippen molar-refractivity contribution in [2.75, 3.05) is 0 Å². The highest BCUT2D eigenvalue weighted by Crippen LogP contribution is 2.32. The van der Waals surface area contributed by atoms with E-state index in [0.29, 0.717) is 6.07 Å². The van der Waals surface area contributed by atoms with Gasteiger partial charge < -0.3 is 4.74 Å². The van der Waals surface area contributed by atoms with Gasteiger partial charge in [0.1, 0.15) is 0 Å². The van der Waals surface area contributed by atoms with Crippen molar-refractivity contribution in [2.45, 2.75) is 13.3 Å². The second-order valence-corrected chi connectivity index (χ2v) is 2.85. The standard InChI is InChI=1S/C8H5F4NO3/c1-4-2-3-5(16-8(10,11)12)6(9)7(4)13(14)15/h2-3H,1H3. The fourth-order valence-corrected chi connectivity index (χ4v) is 1.07. The second-order valence-electron chi connectivity index (χ2n) is 2.85. The fraction of sp³-hybridized carbons (Fsp3) is 0.250. The van der Waals surface area contributed by atoms with Crippen molar-refractivity contribution in [3.63, 3.8) is 0 Å². The SMILES string of the molecule is Cc1ccc(OC(F)(F)F)c(F)c1[N+](=O)[O-]. The molecule has 0 fully saturated rings. The normalized spacial score (nSPS) is 11.3. The van der Waals surface area contributed by atoms with Crippen molar-refractivity contribution < 1.29 is 27.2 Å². The van der Waals surface area contributed by atoms with Gasteiger partial charge in [0.15, 0.2) is 5.75 Å². The first-order valence-electron chi connectivity index (χ1n) is 3.91. The second kappa shape index (κ2) is 3.95. The maximum Gasteiger partial charge on any atom is 0.573 e. The molecule has 0 amide bonds. The van der Waals surface area contributed by atoms with Gasteiger partial charge in [0.2, 0.25) is 5.82 Å². The molecule has 0 unspecified atom stereocenters. The lowest BCUT2D eigenvalue weighted by Gasteiger charge is -2.10. The number of nitro groups is 1. The molecule has 8 heteroatoms. The van der Waals surface area contributed by atoms with Crippen LogP contribution >= 0.6 is 0 Å². The molecule has 1 aromatic carbocycles. The van der Waals surface area contributed by atoms with E-state index in [1.165, 1.54) is 6.92 Å². The van der Waals surface area contributed by atoms with Crippen LogP contribution in [0.2, 0.25) is 0 Å². The van der Waals surface area contributed by atoms with Crippen LogP contribution in [-0.4, -0.2) is 11.3 Å². The first-order valence-corrected chi connectivity index (χ1v) is 3.91. The molecule has 1 aromatic rings. The first kappa shape index (κ1) is 12.2. The van der Waals surface area contributed by atoms with Crippen LogP contribution < -0.4 is 4.74 Å². The summed E-state index contributed by atoms with van der Waals surface area (Å²) in [6.45, 7) is 1.21. The lowest BCUT2D eigenvalue weighted by Crippen LogP contribution is -2.18. The number of hydrogen-bond acceptors (Lipinski definition) is 3.